The molecule has 0 saturated heterocycles. The van der Waals surface area contributed by atoms with Crippen LogP contribution in [-0.2, 0) is 0 Å². The molecule has 1 amide bonds. The molecule has 7 nitrogen and oxygen atoms in total. The number of carbonyl (C=O) groups is 1. The van der Waals surface area contributed by atoms with Gasteiger partial charge in [0.1, 0.15) is 11.5 Å². The molecule has 8 heteroatoms. The van der Waals surface area contributed by atoms with Gasteiger partial charge in [0.05, 0.1) is 12.8 Å². The second kappa shape index (κ2) is 8.67. The van der Waals surface area contributed by atoms with E-state index in [-0.39, 0.29) is 5.69 Å². The molecular weight excluding hydrogens is 406 g/mol. The molecule has 0 bridgehead atoms. The highest BCUT2D eigenvalue weighted by molar-refractivity contribution is 6.31. The summed E-state index contributed by atoms with van der Waals surface area (Å²) in [6, 6.07) is 17.1. The lowest BCUT2D eigenvalue weighted by Crippen LogP contribution is -2.12. The lowest BCUT2D eigenvalue weighted by molar-refractivity contribution is 0.101. The van der Waals surface area contributed by atoms with Crippen LogP contribution in [-0.4, -0.2) is 23.2 Å². The van der Waals surface area contributed by atoms with Crippen LogP contribution in [0.1, 0.15) is 10.5 Å². The lowest BCUT2D eigenvalue weighted by atomic mass is 10.2. The highest BCUT2D eigenvalue weighted by Gasteiger charge is 2.16. The Morgan fingerprint density at radius 3 is 2.60 bits per heavy atom. The van der Waals surface area contributed by atoms with Gasteiger partial charge in [0.25, 0.3) is 5.91 Å². The number of aromatic nitrogens is 2. The number of halogens is 1. The average Bonchev–Trinajstić information content (AvgIpc) is 3.27. The molecule has 2 heterocycles. The van der Waals surface area contributed by atoms with E-state index >= 15 is 0 Å². The first-order chi connectivity index (χ1) is 14.6. The Morgan fingerprint density at radius 1 is 1.07 bits per heavy atom. The number of methoxy groups -OCH3 is 1. The summed E-state index contributed by atoms with van der Waals surface area (Å²) in [6.07, 6.45) is 3.27. The van der Waals surface area contributed by atoms with Gasteiger partial charge in [0.2, 0.25) is 0 Å². The third-order valence-corrected chi connectivity index (χ3v) is 4.40. The Hall–Kier alpha value is -3.84. The molecule has 150 valence electrons. The van der Waals surface area contributed by atoms with Crippen LogP contribution in [0.15, 0.2) is 77.6 Å². The van der Waals surface area contributed by atoms with Gasteiger partial charge < -0.3 is 19.3 Å². The fourth-order valence-corrected chi connectivity index (χ4v) is 2.84. The van der Waals surface area contributed by atoms with E-state index in [0.29, 0.717) is 33.7 Å². The molecule has 0 aliphatic heterocycles. The smallest absolute Gasteiger partial charge is 0.277 e. The first-order valence-corrected chi connectivity index (χ1v) is 9.30. The van der Waals surface area contributed by atoms with E-state index in [1.165, 1.54) is 0 Å². The van der Waals surface area contributed by atoms with Crippen LogP contribution in [0, 0.1) is 0 Å². The summed E-state index contributed by atoms with van der Waals surface area (Å²) in [5.41, 5.74) is 1.23. The van der Waals surface area contributed by atoms with Crippen molar-refractivity contribution in [3.05, 3.63) is 83.8 Å². The normalized spacial score (nSPS) is 10.5. The summed E-state index contributed by atoms with van der Waals surface area (Å²) in [6.45, 7) is 0. The molecule has 0 spiro atoms. The van der Waals surface area contributed by atoms with Crippen LogP contribution in [0.25, 0.3) is 11.3 Å². The first kappa shape index (κ1) is 19.5. The number of benzene rings is 2. The quantitative estimate of drug-likeness (QED) is 0.446. The number of nitrogens with one attached hydrogen (secondary N) is 1. The predicted octanol–water partition coefficient (Wildman–Crippen LogP) is 5.44. The van der Waals surface area contributed by atoms with Crippen LogP contribution in [0.5, 0.6) is 17.2 Å². The van der Waals surface area contributed by atoms with Gasteiger partial charge in [-0.05, 0) is 54.6 Å². The molecule has 2 aromatic carbocycles. The van der Waals surface area contributed by atoms with Gasteiger partial charge in [0, 0.05) is 29.0 Å². The van der Waals surface area contributed by atoms with Crippen LogP contribution in [0.4, 0.5) is 5.69 Å². The van der Waals surface area contributed by atoms with Gasteiger partial charge in [-0.1, -0.05) is 16.8 Å². The SMILES string of the molecule is COc1ccc(Oc2ccc(Cl)cc2NC(=O)c2cc(-c3cccnc3)on2)cc1. The highest BCUT2D eigenvalue weighted by atomic mass is 35.5. The number of nitrogens with zero attached hydrogens (tertiary/aromatic N) is 2. The van der Waals surface area contributed by atoms with Crippen LogP contribution < -0.4 is 14.8 Å². The number of amides is 1. The van der Waals surface area contributed by atoms with E-state index in [0.717, 1.165) is 5.56 Å². The largest absolute Gasteiger partial charge is 0.497 e. The van der Waals surface area contributed by atoms with E-state index in [9.17, 15) is 4.79 Å². The topological polar surface area (TPSA) is 86.5 Å². The fourth-order valence-electron chi connectivity index (χ4n) is 2.67. The maximum Gasteiger partial charge on any atom is 0.277 e. The minimum Gasteiger partial charge on any atom is -0.497 e. The summed E-state index contributed by atoms with van der Waals surface area (Å²) in [7, 11) is 1.59. The van der Waals surface area contributed by atoms with Crippen molar-refractivity contribution in [2.45, 2.75) is 0 Å². The zero-order chi connectivity index (χ0) is 20.9. The number of pyridine rings is 1. The van der Waals surface area contributed by atoms with E-state index < -0.39 is 5.91 Å². The lowest BCUT2D eigenvalue weighted by Gasteiger charge is -2.12. The third kappa shape index (κ3) is 4.42. The molecule has 0 aliphatic carbocycles. The minimum atomic E-state index is -0.462. The molecular formula is C22H16ClN3O4. The van der Waals surface area contributed by atoms with Gasteiger partial charge in [-0.2, -0.15) is 0 Å². The van der Waals surface area contributed by atoms with Crippen molar-refractivity contribution in [3.8, 4) is 28.6 Å². The predicted molar refractivity (Wildman–Crippen MR) is 112 cm³/mol. The molecule has 0 radical (unpaired) electrons. The van der Waals surface area contributed by atoms with Crippen molar-refractivity contribution in [1.29, 1.82) is 0 Å². The number of carbonyl (C=O) groups excluding carboxylic acids is 1. The number of rotatable bonds is 6. The van der Waals surface area contributed by atoms with Crippen LogP contribution in [0.2, 0.25) is 5.02 Å². The number of hydrogen-bond acceptors (Lipinski definition) is 6. The molecule has 0 fully saturated rings. The fraction of sp³-hybridized carbons (Fsp3) is 0.0455. The number of hydrogen-bond donors (Lipinski definition) is 1. The number of anilines is 1. The van der Waals surface area contributed by atoms with Gasteiger partial charge in [-0.15, -0.1) is 0 Å². The summed E-state index contributed by atoms with van der Waals surface area (Å²) < 4.78 is 16.3. The minimum absolute atomic E-state index is 0.115. The zero-order valence-corrected chi connectivity index (χ0v) is 16.6. The first-order valence-electron chi connectivity index (χ1n) is 8.92. The van der Waals surface area contributed by atoms with E-state index in [4.69, 9.17) is 25.6 Å². The summed E-state index contributed by atoms with van der Waals surface area (Å²) in [5, 5.41) is 7.05. The molecule has 0 atom stereocenters. The molecule has 0 unspecified atom stereocenters. The average molecular weight is 422 g/mol. The van der Waals surface area contributed by atoms with Crippen molar-refractivity contribution in [2.75, 3.05) is 12.4 Å². The van der Waals surface area contributed by atoms with Gasteiger partial charge in [-0.3, -0.25) is 9.78 Å². The molecule has 0 aliphatic rings. The molecule has 4 aromatic rings. The zero-order valence-electron chi connectivity index (χ0n) is 15.8. The Morgan fingerprint density at radius 2 is 1.87 bits per heavy atom. The van der Waals surface area contributed by atoms with Crippen molar-refractivity contribution in [1.82, 2.24) is 10.1 Å². The summed E-state index contributed by atoms with van der Waals surface area (Å²) in [4.78, 5) is 16.7. The molecule has 0 saturated carbocycles. The number of ether oxygens (including phenoxy) is 2. The Labute approximate surface area is 177 Å². The summed E-state index contributed by atoms with van der Waals surface area (Å²) in [5.74, 6) is 1.69. The highest BCUT2D eigenvalue weighted by Crippen LogP contribution is 2.33. The van der Waals surface area contributed by atoms with Crippen molar-refractivity contribution < 1.29 is 18.8 Å². The van der Waals surface area contributed by atoms with Crippen molar-refractivity contribution >= 4 is 23.2 Å². The Bertz CT molecular complexity index is 1160. The third-order valence-electron chi connectivity index (χ3n) is 4.17. The molecule has 4 rings (SSSR count). The maximum atomic E-state index is 12.7. The van der Waals surface area contributed by atoms with Crippen molar-refractivity contribution in [2.24, 2.45) is 0 Å². The van der Waals surface area contributed by atoms with Crippen LogP contribution in [0.3, 0.4) is 0 Å². The molecule has 30 heavy (non-hydrogen) atoms. The van der Waals surface area contributed by atoms with Gasteiger partial charge in [0.15, 0.2) is 17.2 Å². The van der Waals surface area contributed by atoms with Gasteiger partial charge >= 0.3 is 0 Å². The second-order valence-electron chi connectivity index (χ2n) is 6.19. The van der Waals surface area contributed by atoms with E-state index in [1.807, 2.05) is 6.07 Å². The van der Waals surface area contributed by atoms with Gasteiger partial charge in [-0.25, -0.2) is 0 Å². The Kier molecular flexibility index (Phi) is 5.63. The van der Waals surface area contributed by atoms with E-state index in [2.05, 4.69) is 15.5 Å². The second-order valence-corrected chi connectivity index (χ2v) is 6.63. The standard InChI is InChI=1S/C22H16ClN3O4/c1-28-16-5-7-17(8-6-16)29-20-9-4-15(23)11-18(20)25-22(27)19-12-21(30-26-19)14-3-2-10-24-13-14/h2-13H,1H3,(H,25,27). The molecule has 2 aromatic heterocycles. The van der Waals surface area contributed by atoms with Crippen LogP contribution >= 0.6 is 11.6 Å². The van der Waals surface area contributed by atoms with E-state index in [1.54, 1.807) is 74.1 Å². The van der Waals surface area contributed by atoms with Crippen molar-refractivity contribution in [3.63, 3.8) is 0 Å². The Balaban J connectivity index is 1.54. The summed E-state index contributed by atoms with van der Waals surface area (Å²) >= 11 is 6.11. The maximum absolute atomic E-state index is 12.7. The molecule has 1 N–H and O–H groups in total. The monoisotopic (exact) mass is 421 g/mol.